The number of aryl methyl sites for hydroxylation is 1. The Morgan fingerprint density at radius 1 is 0.543 bits per heavy atom. The minimum absolute atomic E-state index is 0.242. The smallest absolute Gasteiger partial charge is 0.311 e. The highest BCUT2D eigenvalue weighted by molar-refractivity contribution is 5.76. The van der Waals surface area contributed by atoms with Crippen LogP contribution >= 0.6 is 0 Å². The second-order valence-corrected chi connectivity index (χ2v) is 9.93. The Morgan fingerprint density at radius 3 is 1.49 bits per heavy atom. The summed E-state index contributed by atoms with van der Waals surface area (Å²) < 4.78 is 11.4. The van der Waals surface area contributed by atoms with Gasteiger partial charge < -0.3 is 9.47 Å². The van der Waals surface area contributed by atoms with E-state index < -0.39 is 0 Å². The largest absolute Gasteiger partial charge is 0.423 e. The van der Waals surface area contributed by atoms with Gasteiger partial charge >= 0.3 is 11.9 Å². The molecule has 1 aromatic rings. The molecule has 35 heavy (non-hydrogen) atoms. The predicted molar refractivity (Wildman–Crippen MR) is 146 cm³/mol. The van der Waals surface area contributed by atoms with Crippen molar-refractivity contribution >= 4 is 11.9 Å². The zero-order chi connectivity index (χ0) is 25.6. The Balaban J connectivity index is 2.63. The molecule has 0 spiro atoms. The van der Waals surface area contributed by atoms with Crippen LogP contribution in [0.2, 0.25) is 0 Å². The molecule has 0 bridgehead atoms. The standard InChI is InChI=1S/C31H52O4/c1-4-7-10-13-16-19-22-30(32)34-28-25-24-27(21-18-15-12-9-6-3)26-29(28)35-31(33)23-20-17-14-11-8-5-2/h24-26H,4-23H2,1-3H3. The minimum Gasteiger partial charge on any atom is -0.423 e. The summed E-state index contributed by atoms with van der Waals surface area (Å²) in [6.45, 7) is 6.63. The fraction of sp³-hybridized carbons (Fsp3) is 0.742. The van der Waals surface area contributed by atoms with Crippen molar-refractivity contribution in [2.24, 2.45) is 0 Å². The lowest BCUT2D eigenvalue weighted by molar-refractivity contribution is -0.137. The highest BCUT2D eigenvalue weighted by Crippen LogP contribution is 2.30. The third-order valence-electron chi connectivity index (χ3n) is 6.49. The second-order valence-electron chi connectivity index (χ2n) is 9.93. The number of hydrogen-bond acceptors (Lipinski definition) is 4. The molecule has 200 valence electrons. The summed E-state index contributed by atoms with van der Waals surface area (Å²) in [5.74, 6) is 0.269. The van der Waals surface area contributed by atoms with Crippen LogP contribution < -0.4 is 9.47 Å². The second kappa shape index (κ2) is 21.4. The number of rotatable bonds is 22. The van der Waals surface area contributed by atoms with Gasteiger partial charge in [-0.05, 0) is 43.4 Å². The zero-order valence-electron chi connectivity index (χ0n) is 23.0. The van der Waals surface area contributed by atoms with Crippen molar-refractivity contribution in [2.75, 3.05) is 0 Å². The molecule has 0 fully saturated rings. The maximum absolute atomic E-state index is 12.5. The Kier molecular flexibility index (Phi) is 19.1. The third kappa shape index (κ3) is 16.5. The fourth-order valence-electron chi connectivity index (χ4n) is 4.25. The van der Waals surface area contributed by atoms with Gasteiger partial charge in [0.2, 0.25) is 0 Å². The van der Waals surface area contributed by atoms with Crippen molar-refractivity contribution in [3.05, 3.63) is 23.8 Å². The van der Waals surface area contributed by atoms with Crippen LogP contribution in [0, 0.1) is 0 Å². The van der Waals surface area contributed by atoms with Crippen LogP contribution in [0.3, 0.4) is 0 Å². The van der Waals surface area contributed by atoms with E-state index in [-0.39, 0.29) is 11.9 Å². The van der Waals surface area contributed by atoms with E-state index in [0.717, 1.165) is 56.9 Å². The SMILES string of the molecule is CCCCCCCCC(=O)Oc1ccc(CCCCCCC)cc1OC(=O)CCCCCCCC. The molecule has 0 aromatic heterocycles. The summed E-state index contributed by atoms with van der Waals surface area (Å²) in [7, 11) is 0. The van der Waals surface area contributed by atoms with Crippen molar-refractivity contribution < 1.29 is 19.1 Å². The summed E-state index contributed by atoms with van der Waals surface area (Å²) in [6.07, 6.45) is 21.3. The first kappa shape index (κ1) is 31.2. The van der Waals surface area contributed by atoms with E-state index in [1.807, 2.05) is 12.1 Å². The molecule has 0 saturated heterocycles. The number of hydrogen-bond donors (Lipinski definition) is 0. The van der Waals surface area contributed by atoms with Crippen LogP contribution in [0.4, 0.5) is 0 Å². The monoisotopic (exact) mass is 488 g/mol. The van der Waals surface area contributed by atoms with E-state index in [9.17, 15) is 9.59 Å². The van der Waals surface area contributed by atoms with E-state index in [4.69, 9.17) is 9.47 Å². The lowest BCUT2D eigenvalue weighted by Gasteiger charge is -2.13. The maximum Gasteiger partial charge on any atom is 0.311 e. The topological polar surface area (TPSA) is 52.6 Å². The van der Waals surface area contributed by atoms with Gasteiger partial charge in [0.1, 0.15) is 0 Å². The van der Waals surface area contributed by atoms with Gasteiger partial charge in [0.05, 0.1) is 0 Å². The van der Waals surface area contributed by atoms with Crippen molar-refractivity contribution in [1.29, 1.82) is 0 Å². The molecule has 0 saturated carbocycles. The summed E-state index contributed by atoms with van der Waals surface area (Å²) in [6, 6.07) is 5.69. The van der Waals surface area contributed by atoms with Crippen LogP contribution in [-0.2, 0) is 16.0 Å². The summed E-state index contributed by atoms with van der Waals surface area (Å²) in [5.41, 5.74) is 1.12. The van der Waals surface area contributed by atoms with Gasteiger partial charge in [-0.1, -0.05) is 117 Å². The Hall–Kier alpha value is -1.84. The predicted octanol–water partition coefficient (Wildman–Crippen LogP) is 9.51. The number of carbonyl (C=O) groups excluding carboxylic acids is 2. The van der Waals surface area contributed by atoms with Crippen LogP contribution in [0.1, 0.15) is 148 Å². The molecule has 1 rings (SSSR count). The highest BCUT2D eigenvalue weighted by Gasteiger charge is 2.15. The summed E-state index contributed by atoms with van der Waals surface area (Å²) in [5, 5.41) is 0. The molecule has 0 radical (unpaired) electrons. The Labute approximate surface area is 215 Å². The molecule has 4 heteroatoms. The summed E-state index contributed by atoms with van der Waals surface area (Å²) >= 11 is 0. The lowest BCUT2D eigenvalue weighted by atomic mass is 10.0. The fourth-order valence-corrected chi connectivity index (χ4v) is 4.25. The van der Waals surface area contributed by atoms with Gasteiger partial charge in [0.25, 0.3) is 0 Å². The molecule has 0 amide bonds. The quantitative estimate of drug-likeness (QED) is 0.0926. The average molecular weight is 489 g/mol. The molecular formula is C31H52O4. The molecule has 4 nitrogen and oxygen atoms in total. The Bertz CT molecular complexity index is 683. The van der Waals surface area contributed by atoms with E-state index in [1.54, 1.807) is 6.07 Å². The molecule has 0 aliphatic rings. The molecule has 0 heterocycles. The number of ether oxygens (including phenoxy) is 2. The van der Waals surface area contributed by atoms with Gasteiger partial charge in [-0.15, -0.1) is 0 Å². The maximum atomic E-state index is 12.5. The first-order chi connectivity index (χ1) is 17.1. The lowest BCUT2D eigenvalue weighted by Crippen LogP contribution is -2.12. The van der Waals surface area contributed by atoms with Crippen LogP contribution in [0.5, 0.6) is 11.5 Å². The first-order valence-electron chi connectivity index (χ1n) is 14.6. The van der Waals surface area contributed by atoms with Gasteiger partial charge in [0.15, 0.2) is 11.5 Å². The van der Waals surface area contributed by atoms with E-state index in [2.05, 4.69) is 20.8 Å². The van der Waals surface area contributed by atoms with E-state index >= 15 is 0 Å². The van der Waals surface area contributed by atoms with E-state index in [0.29, 0.717) is 24.3 Å². The third-order valence-corrected chi connectivity index (χ3v) is 6.49. The number of benzene rings is 1. The minimum atomic E-state index is -0.249. The normalized spacial score (nSPS) is 10.9. The molecular weight excluding hydrogens is 436 g/mol. The van der Waals surface area contributed by atoms with Crippen LogP contribution in [-0.4, -0.2) is 11.9 Å². The summed E-state index contributed by atoms with van der Waals surface area (Å²) in [4.78, 5) is 24.9. The van der Waals surface area contributed by atoms with Crippen LogP contribution in [0.15, 0.2) is 18.2 Å². The van der Waals surface area contributed by atoms with Crippen molar-refractivity contribution in [2.45, 2.75) is 149 Å². The van der Waals surface area contributed by atoms with Gasteiger partial charge in [-0.25, -0.2) is 0 Å². The van der Waals surface area contributed by atoms with E-state index in [1.165, 1.54) is 64.2 Å². The molecule has 0 aliphatic heterocycles. The molecule has 0 atom stereocenters. The molecule has 0 aliphatic carbocycles. The van der Waals surface area contributed by atoms with Gasteiger partial charge in [0, 0.05) is 12.8 Å². The van der Waals surface area contributed by atoms with Crippen molar-refractivity contribution in [1.82, 2.24) is 0 Å². The molecule has 0 N–H and O–H groups in total. The zero-order valence-corrected chi connectivity index (χ0v) is 23.0. The number of esters is 2. The first-order valence-corrected chi connectivity index (χ1v) is 14.6. The Morgan fingerprint density at radius 2 is 0.971 bits per heavy atom. The number of carbonyl (C=O) groups is 2. The van der Waals surface area contributed by atoms with Crippen molar-refractivity contribution in [3.8, 4) is 11.5 Å². The number of unbranched alkanes of at least 4 members (excludes halogenated alkanes) is 14. The van der Waals surface area contributed by atoms with Gasteiger partial charge in [-0.2, -0.15) is 0 Å². The highest BCUT2D eigenvalue weighted by atomic mass is 16.6. The molecule has 1 aromatic carbocycles. The van der Waals surface area contributed by atoms with Crippen molar-refractivity contribution in [3.63, 3.8) is 0 Å². The molecule has 0 unspecified atom stereocenters. The van der Waals surface area contributed by atoms with Gasteiger partial charge in [-0.3, -0.25) is 9.59 Å². The average Bonchev–Trinajstić information content (AvgIpc) is 2.85. The van der Waals surface area contributed by atoms with Crippen LogP contribution in [0.25, 0.3) is 0 Å².